The van der Waals surface area contributed by atoms with Crippen molar-refractivity contribution in [3.05, 3.63) is 24.4 Å². The second-order valence-electron chi connectivity index (χ2n) is 3.54. The van der Waals surface area contributed by atoms with Gasteiger partial charge in [-0.15, -0.1) is 0 Å². The van der Waals surface area contributed by atoms with Gasteiger partial charge in [0.05, 0.1) is 19.7 Å². The van der Waals surface area contributed by atoms with E-state index >= 15 is 0 Å². The first-order valence-corrected chi connectivity index (χ1v) is 5.03. The fraction of sp³-hybridized carbons (Fsp3) is 0.182. The number of aromatic nitrogens is 1. The van der Waals surface area contributed by atoms with Gasteiger partial charge in [-0.3, -0.25) is 4.98 Å². The topological polar surface area (TPSA) is 71.8 Å². The molecule has 0 aliphatic rings. The average molecular weight is 233 g/mol. The first-order valence-electron chi connectivity index (χ1n) is 5.03. The Balaban J connectivity index is 2.62. The number of pyridine rings is 1. The monoisotopic (exact) mass is 233 g/mol. The summed E-state index contributed by atoms with van der Waals surface area (Å²) in [4.78, 5) is 4.13. The molecule has 0 spiro atoms. The number of hydrogen-bond acceptors (Lipinski definition) is 5. The highest BCUT2D eigenvalue weighted by atomic mass is 16.5. The Kier molecular flexibility index (Phi) is 3.17. The van der Waals surface area contributed by atoms with Gasteiger partial charge in [-0.05, 0) is 6.07 Å². The summed E-state index contributed by atoms with van der Waals surface area (Å²) in [6, 6.07) is 5.13. The van der Waals surface area contributed by atoms with E-state index < -0.39 is 7.12 Å². The van der Waals surface area contributed by atoms with Gasteiger partial charge in [-0.25, -0.2) is 0 Å². The molecule has 1 heterocycles. The first-order chi connectivity index (χ1) is 8.15. The molecule has 0 bridgehead atoms. The maximum absolute atomic E-state index is 9.07. The maximum Gasteiger partial charge on any atom is 0.490 e. The first kappa shape index (κ1) is 11.7. The smallest absolute Gasteiger partial charge is 0.490 e. The Morgan fingerprint density at radius 1 is 1.06 bits per heavy atom. The van der Waals surface area contributed by atoms with Crippen molar-refractivity contribution in [1.82, 2.24) is 4.98 Å². The summed E-state index contributed by atoms with van der Waals surface area (Å²) in [5, 5.41) is 18.9. The van der Waals surface area contributed by atoms with E-state index in [4.69, 9.17) is 19.5 Å². The molecule has 0 unspecified atom stereocenters. The summed E-state index contributed by atoms with van der Waals surface area (Å²) < 4.78 is 10.3. The fourth-order valence-corrected chi connectivity index (χ4v) is 1.61. The number of hydrogen-bond donors (Lipinski definition) is 2. The normalized spacial score (nSPS) is 10.4. The van der Waals surface area contributed by atoms with Crippen molar-refractivity contribution in [2.24, 2.45) is 0 Å². The maximum atomic E-state index is 9.07. The molecule has 2 N–H and O–H groups in total. The Hall–Kier alpha value is -1.79. The SMILES string of the molecule is COc1cc2cc(B(O)O)cnc2cc1OC. The van der Waals surface area contributed by atoms with Crippen LogP contribution in [0, 0.1) is 0 Å². The van der Waals surface area contributed by atoms with Crippen LogP contribution >= 0.6 is 0 Å². The van der Waals surface area contributed by atoms with Crippen LogP contribution in [0.25, 0.3) is 10.9 Å². The van der Waals surface area contributed by atoms with Crippen LogP contribution in [-0.2, 0) is 0 Å². The van der Waals surface area contributed by atoms with E-state index in [1.165, 1.54) is 6.20 Å². The third kappa shape index (κ3) is 2.18. The number of benzene rings is 1. The molecular formula is C11H12BNO4. The zero-order chi connectivity index (χ0) is 12.4. The molecule has 0 radical (unpaired) electrons. The van der Waals surface area contributed by atoms with Gasteiger partial charge in [0.1, 0.15) is 0 Å². The summed E-state index contributed by atoms with van der Waals surface area (Å²) in [7, 11) is 1.57. The standard InChI is InChI=1S/C11H12BNO4/c1-16-10-4-7-3-8(12(14)15)6-13-9(7)5-11(10)17-2/h3-6,14-15H,1-2H3. The Bertz CT molecular complexity index is 544. The van der Waals surface area contributed by atoms with Gasteiger partial charge in [0.2, 0.25) is 0 Å². The quantitative estimate of drug-likeness (QED) is 0.726. The molecule has 1 aromatic carbocycles. The molecule has 0 atom stereocenters. The zero-order valence-corrected chi connectivity index (χ0v) is 9.54. The Morgan fingerprint density at radius 3 is 2.29 bits per heavy atom. The molecule has 17 heavy (non-hydrogen) atoms. The molecule has 0 amide bonds. The summed E-state index contributed by atoms with van der Waals surface area (Å²) >= 11 is 0. The van der Waals surface area contributed by atoms with Crippen molar-refractivity contribution in [2.45, 2.75) is 0 Å². The third-order valence-electron chi connectivity index (χ3n) is 2.51. The Labute approximate surface area is 98.8 Å². The second kappa shape index (κ2) is 4.61. The third-order valence-corrected chi connectivity index (χ3v) is 2.51. The van der Waals surface area contributed by atoms with E-state index in [0.717, 1.165) is 5.39 Å². The second-order valence-corrected chi connectivity index (χ2v) is 3.54. The van der Waals surface area contributed by atoms with Gasteiger partial charge in [0.25, 0.3) is 0 Å². The zero-order valence-electron chi connectivity index (χ0n) is 9.54. The molecule has 0 saturated heterocycles. The van der Waals surface area contributed by atoms with Gasteiger partial charge < -0.3 is 19.5 Å². The largest absolute Gasteiger partial charge is 0.493 e. The van der Waals surface area contributed by atoms with Crippen LogP contribution in [-0.4, -0.2) is 36.4 Å². The van der Waals surface area contributed by atoms with E-state index in [0.29, 0.717) is 22.5 Å². The van der Waals surface area contributed by atoms with E-state index in [1.807, 2.05) is 0 Å². The van der Waals surface area contributed by atoms with Crippen LogP contribution in [0.2, 0.25) is 0 Å². The average Bonchev–Trinajstić information content (AvgIpc) is 2.36. The highest BCUT2D eigenvalue weighted by Gasteiger charge is 2.13. The van der Waals surface area contributed by atoms with Gasteiger partial charge in [-0.2, -0.15) is 0 Å². The van der Waals surface area contributed by atoms with Gasteiger partial charge in [0.15, 0.2) is 11.5 Å². The Morgan fingerprint density at radius 2 is 1.71 bits per heavy atom. The molecule has 0 aliphatic heterocycles. The van der Waals surface area contributed by atoms with E-state index in [1.54, 1.807) is 32.4 Å². The van der Waals surface area contributed by atoms with Crippen LogP contribution < -0.4 is 14.9 Å². The van der Waals surface area contributed by atoms with Crippen molar-refractivity contribution in [1.29, 1.82) is 0 Å². The number of nitrogens with zero attached hydrogens (tertiary/aromatic N) is 1. The van der Waals surface area contributed by atoms with Gasteiger partial charge in [-0.1, -0.05) is 6.07 Å². The molecule has 88 valence electrons. The molecule has 2 aromatic rings. The highest BCUT2D eigenvalue weighted by molar-refractivity contribution is 6.58. The molecule has 1 aromatic heterocycles. The van der Waals surface area contributed by atoms with Crippen molar-refractivity contribution < 1.29 is 19.5 Å². The lowest BCUT2D eigenvalue weighted by Crippen LogP contribution is -2.29. The molecule has 5 nitrogen and oxygen atoms in total. The van der Waals surface area contributed by atoms with Crippen LogP contribution in [0.5, 0.6) is 11.5 Å². The molecule has 0 fully saturated rings. The summed E-state index contributed by atoms with van der Waals surface area (Å²) in [5.74, 6) is 1.16. The van der Waals surface area contributed by atoms with Crippen molar-refractivity contribution >= 4 is 23.5 Å². The summed E-state index contributed by atoms with van der Waals surface area (Å²) in [6.07, 6.45) is 1.42. The van der Waals surface area contributed by atoms with Crippen molar-refractivity contribution in [3.8, 4) is 11.5 Å². The van der Waals surface area contributed by atoms with E-state index in [9.17, 15) is 0 Å². The van der Waals surface area contributed by atoms with Crippen molar-refractivity contribution in [2.75, 3.05) is 14.2 Å². The van der Waals surface area contributed by atoms with Crippen LogP contribution in [0.15, 0.2) is 24.4 Å². The minimum absolute atomic E-state index is 0.338. The molecule has 2 rings (SSSR count). The van der Waals surface area contributed by atoms with Crippen LogP contribution in [0.4, 0.5) is 0 Å². The van der Waals surface area contributed by atoms with Crippen LogP contribution in [0.1, 0.15) is 0 Å². The summed E-state index contributed by atoms with van der Waals surface area (Å²) in [5.41, 5.74) is 1.04. The number of rotatable bonds is 3. The van der Waals surface area contributed by atoms with E-state index in [2.05, 4.69) is 4.98 Å². The lowest BCUT2D eigenvalue weighted by molar-refractivity contribution is 0.356. The molecule has 6 heteroatoms. The fourth-order valence-electron chi connectivity index (χ4n) is 1.61. The van der Waals surface area contributed by atoms with Crippen molar-refractivity contribution in [3.63, 3.8) is 0 Å². The molecule has 0 saturated carbocycles. The number of ether oxygens (including phenoxy) is 2. The van der Waals surface area contributed by atoms with Crippen LogP contribution in [0.3, 0.4) is 0 Å². The minimum atomic E-state index is -1.53. The predicted molar refractivity (Wildman–Crippen MR) is 64.7 cm³/mol. The minimum Gasteiger partial charge on any atom is -0.493 e. The highest BCUT2D eigenvalue weighted by Crippen LogP contribution is 2.30. The lowest BCUT2D eigenvalue weighted by atomic mass is 9.81. The molecule has 0 aliphatic carbocycles. The summed E-state index contributed by atoms with van der Waals surface area (Å²) in [6.45, 7) is 0. The van der Waals surface area contributed by atoms with E-state index in [-0.39, 0.29) is 0 Å². The number of fused-ring (bicyclic) bond motifs is 1. The van der Waals surface area contributed by atoms with Gasteiger partial charge in [0, 0.05) is 23.1 Å². The number of methoxy groups -OCH3 is 2. The predicted octanol–water partition coefficient (Wildman–Crippen LogP) is -0.0682. The van der Waals surface area contributed by atoms with Gasteiger partial charge >= 0.3 is 7.12 Å². The lowest BCUT2D eigenvalue weighted by Gasteiger charge is -2.09. The molecular weight excluding hydrogens is 221 g/mol.